The molecule has 8 heteroatoms. The predicted molar refractivity (Wildman–Crippen MR) is 106 cm³/mol. The zero-order valence-corrected chi connectivity index (χ0v) is 18.4. The molecule has 0 aromatic heterocycles. The van der Waals surface area contributed by atoms with Gasteiger partial charge in [-0.05, 0) is 30.6 Å². The Bertz CT molecular complexity index is 841. The molecule has 3 spiro atoms. The monoisotopic (exact) mass is 435 g/mol. The van der Waals surface area contributed by atoms with E-state index < -0.39 is 28.8 Å². The van der Waals surface area contributed by atoms with Gasteiger partial charge in [-0.3, -0.25) is 4.79 Å². The van der Waals surface area contributed by atoms with Crippen molar-refractivity contribution in [2.75, 3.05) is 27.6 Å². The summed E-state index contributed by atoms with van der Waals surface area (Å²) in [5.74, 6) is 0.0844. The molecule has 0 unspecified atom stereocenters. The van der Waals surface area contributed by atoms with Crippen LogP contribution in [0.25, 0.3) is 0 Å². The third-order valence-corrected chi connectivity index (χ3v) is 11.2. The van der Waals surface area contributed by atoms with Crippen LogP contribution in [-0.2, 0) is 23.7 Å². The molecule has 2 N–H and O–H groups in total. The summed E-state index contributed by atoms with van der Waals surface area (Å²) in [6.45, 7) is 2.90. The third kappa shape index (κ3) is 1.66. The summed E-state index contributed by atoms with van der Waals surface area (Å²) in [6, 6.07) is -0.332. The van der Waals surface area contributed by atoms with Crippen molar-refractivity contribution in [1.29, 1.82) is 0 Å². The maximum atomic E-state index is 12.5. The number of carbonyl (C=O) groups excluding carboxylic acids is 1. The van der Waals surface area contributed by atoms with Crippen LogP contribution in [0.1, 0.15) is 32.6 Å². The second kappa shape index (κ2) is 5.65. The number of fused-ring (bicyclic) bond motifs is 1. The van der Waals surface area contributed by atoms with E-state index in [1.807, 2.05) is 4.90 Å². The Kier molecular flexibility index (Phi) is 3.58. The number of aliphatic hydroxyl groups excluding tert-OH is 2. The summed E-state index contributed by atoms with van der Waals surface area (Å²) >= 11 is 0. The van der Waals surface area contributed by atoms with E-state index in [4.69, 9.17) is 18.9 Å². The Balaban J connectivity index is 1.58. The minimum atomic E-state index is -1.08. The van der Waals surface area contributed by atoms with Crippen LogP contribution in [0.3, 0.4) is 0 Å². The Morgan fingerprint density at radius 3 is 2.71 bits per heavy atom. The molecule has 13 atom stereocenters. The number of methoxy groups -OCH3 is 2. The van der Waals surface area contributed by atoms with Gasteiger partial charge in [0.15, 0.2) is 0 Å². The van der Waals surface area contributed by atoms with Gasteiger partial charge in [-0.15, -0.1) is 0 Å². The predicted octanol–water partition coefficient (Wildman–Crippen LogP) is 0.147. The van der Waals surface area contributed by atoms with Gasteiger partial charge in [0.05, 0.1) is 30.5 Å². The molecule has 0 radical (unpaired) electrons. The molecule has 8 nitrogen and oxygen atoms in total. The lowest BCUT2D eigenvalue weighted by Gasteiger charge is -2.69. The van der Waals surface area contributed by atoms with Crippen LogP contribution in [0.2, 0.25) is 0 Å². The zero-order chi connectivity index (χ0) is 21.6. The van der Waals surface area contributed by atoms with Crippen LogP contribution in [0.4, 0.5) is 0 Å². The largest absolute Gasteiger partial charge is 0.393 e. The summed E-state index contributed by atoms with van der Waals surface area (Å²) < 4.78 is 25.2. The molecule has 2 heterocycles. The molecule has 0 aromatic rings. The minimum Gasteiger partial charge on any atom is -0.393 e. The Morgan fingerprint density at radius 2 is 2.00 bits per heavy atom. The Hall–Kier alpha value is -0.770. The third-order valence-electron chi connectivity index (χ3n) is 11.2. The number of piperidine rings is 1. The van der Waals surface area contributed by atoms with Crippen molar-refractivity contribution in [3.8, 4) is 0 Å². The molecule has 5 aliphatic carbocycles. The first-order valence-corrected chi connectivity index (χ1v) is 11.8. The van der Waals surface area contributed by atoms with Crippen molar-refractivity contribution >= 4 is 6.41 Å². The molecular weight excluding hydrogens is 402 g/mol. The average molecular weight is 436 g/mol. The number of rotatable bonds is 3. The van der Waals surface area contributed by atoms with Crippen LogP contribution in [-0.4, -0.2) is 90.7 Å². The molecule has 31 heavy (non-hydrogen) atoms. The number of amides is 1. The number of aliphatic hydroxyl groups is 2. The summed E-state index contributed by atoms with van der Waals surface area (Å²) in [4.78, 5) is 14.5. The first-order chi connectivity index (χ1) is 14.9. The molecule has 5 saturated carbocycles. The average Bonchev–Trinajstić information content (AvgIpc) is 3.33. The van der Waals surface area contributed by atoms with Gasteiger partial charge < -0.3 is 34.1 Å². The SMILES string of the molecule is CO[C@H]1[C@@H]2C[C@@H]3[C@H]1[C@@]1(C[C@@H]2O)OCO[C@]12[C@@H](O)[C@@H]1[C@@]4(C)CC[C@H](OC)[C@@]31[C@@H]2N(C=O)C4. The van der Waals surface area contributed by atoms with Crippen molar-refractivity contribution in [3.05, 3.63) is 0 Å². The topological polar surface area (TPSA) is 97.7 Å². The Labute approximate surface area is 182 Å². The number of likely N-dealkylation sites (tertiary alicyclic amines) is 1. The van der Waals surface area contributed by atoms with Gasteiger partial charge >= 0.3 is 0 Å². The lowest BCUT2D eigenvalue weighted by Crippen LogP contribution is -2.80. The lowest BCUT2D eigenvalue weighted by atomic mass is 9.43. The summed E-state index contributed by atoms with van der Waals surface area (Å²) in [5.41, 5.74) is -2.62. The van der Waals surface area contributed by atoms with Gasteiger partial charge in [-0.1, -0.05) is 6.92 Å². The maximum Gasteiger partial charge on any atom is 0.210 e. The van der Waals surface area contributed by atoms with Crippen molar-refractivity contribution < 1.29 is 34.0 Å². The highest BCUT2D eigenvalue weighted by atomic mass is 16.7. The van der Waals surface area contributed by atoms with E-state index in [1.165, 1.54) is 0 Å². The van der Waals surface area contributed by atoms with Crippen molar-refractivity contribution in [1.82, 2.24) is 4.90 Å². The van der Waals surface area contributed by atoms with Crippen LogP contribution in [0.5, 0.6) is 0 Å². The first-order valence-electron chi connectivity index (χ1n) is 11.8. The second-order valence-corrected chi connectivity index (χ2v) is 11.6. The van der Waals surface area contributed by atoms with Crippen molar-refractivity contribution in [3.63, 3.8) is 0 Å². The molecule has 7 aliphatic rings. The molecule has 172 valence electrons. The van der Waals surface area contributed by atoms with Gasteiger partial charge in [-0.2, -0.15) is 0 Å². The van der Waals surface area contributed by atoms with E-state index in [0.717, 1.165) is 25.7 Å². The maximum absolute atomic E-state index is 12.5. The number of carbonyl (C=O) groups is 1. The fourth-order valence-corrected chi connectivity index (χ4v) is 10.9. The zero-order valence-electron chi connectivity index (χ0n) is 18.4. The molecule has 2 aliphatic heterocycles. The van der Waals surface area contributed by atoms with Crippen LogP contribution in [0.15, 0.2) is 0 Å². The number of hydrogen-bond donors (Lipinski definition) is 2. The quantitative estimate of drug-likeness (QED) is 0.609. The normalized spacial score (nSPS) is 65.1. The standard InChI is InChI=1S/C23H33NO7/c1-20-5-4-14(28-2)22-12-6-11-13(26)7-21(15(12)16(11)29-3)23(31-10-30-21,18(27)17(20)22)19(22)24(8-20)9-25/h9,11-19,26-27H,4-8,10H2,1-3H3/t11-,12-,13+,14+,15-,16+,17-,18+,19+,20+,21-,22+,23+/m1/s1. The van der Waals surface area contributed by atoms with Gasteiger partial charge in [0.2, 0.25) is 6.41 Å². The van der Waals surface area contributed by atoms with E-state index in [9.17, 15) is 15.0 Å². The van der Waals surface area contributed by atoms with E-state index in [2.05, 4.69) is 6.92 Å². The van der Waals surface area contributed by atoms with Crippen LogP contribution >= 0.6 is 0 Å². The smallest absolute Gasteiger partial charge is 0.210 e. The molecule has 7 fully saturated rings. The number of ether oxygens (including phenoxy) is 4. The van der Waals surface area contributed by atoms with Gasteiger partial charge in [0, 0.05) is 50.4 Å². The lowest BCUT2D eigenvalue weighted by molar-refractivity contribution is -0.277. The second-order valence-electron chi connectivity index (χ2n) is 11.6. The van der Waals surface area contributed by atoms with E-state index in [0.29, 0.717) is 13.0 Å². The highest BCUT2D eigenvalue weighted by Crippen LogP contribution is 2.82. The van der Waals surface area contributed by atoms with E-state index in [1.54, 1.807) is 14.2 Å². The Morgan fingerprint density at radius 1 is 1.19 bits per heavy atom. The van der Waals surface area contributed by atoms with Gasteiger partial charge in [-0.25, -0.2) is 0 Å². The van der Waals surface area contributed by atoms with Crippen LogP contribution < -0.4 is 0 Å². The van der Waals surface area contributed by atoms with E-state index in [-0.39, 0.29) is 54.1 Å². The van der Waals surface area contributed by atoms with Gasteiger partial charge in [0.25, 0.3) is 0 Å². The fraction of sp³-hybridized carbons (Fsp3) is 0.957. The number of nitrogens with zero attached hydrogens (tertiary/aromatic N) is 1. The summed E-state index contributed by atoms with van der Waals surface area (Å²) in [7, 11) is 3.48. The molecule has 7 bridgehead atoms. The highest BCUT2D eigenvalue weighted by molar-refractivity contribution is 5.54. The van der Waals surface area contributed by atoms with Crippen molar-refractivity contribution in [2.45, 2.75) is 74.3 Å². The van der Waals surface area contributed by atoms with E-state index >= 15 is 0 Å². The fourth-order valence-electron chi connectivity index (χ4n) is 10.9. The summed E-state index contributed by atoms with van der Waals surface area (Å²) in [5, 5.41) is 23.5. The van der Waals surface area contributed by atoms with Crippen LogP contribution in [0, 0.1) is 34.5 Å². The van der Waals surface area contributed by atoms with Crippen molar-refractivity contribution in [2.24, 2.45) is 34.5 Å². The molecule has 7 rings (SSSR count). The molecule has 0 aromatic carbocycles. The molecule has 2 saturated heterocycles. The highest BCUT2D eigenvalue weighted by Gasteiger charge is 2.93. The minimum absolute atomic E-state index is 0.00379. The molecular formula is C23H33NO7. The summed E-state index contributed by atoms with van der Waals surface area (Å²) in [6.07, 6.45) is 2.33. The number of hydrogen-bond acceptors (Lipinski definition) is 7. The molecule has 1 amide bonds. The first kappa shape index (κ1) is 19.7. The van der Waals surface area contributed by atoms with Gasteiger partial charge in [0.1, 0.15) is 18.0 Å².